The Bertz CT molecular complexity index is 791. The summed E-state index contributed by atoms with van der Waals surface area (Å²) in [4.78, 5) is 15.1. The third kappa shape index (κ3) is 4.07. The number of rotatable bonds is 6. The summed E-state index contributed by atoms with van der Waals surface area (Å²) in [5.41, 5.74) is 3.17. The Balaban J connectivity index is 1.77. The van der Waals surface area contributed by atoms with E-state index in [4.69, 9.17) is 14.6 Å². The lowest BCUT2D eigenvalue weighted by atomic mass is 9.94. The first-order chi connectivity index (χ1) is 12.4. The van der Waals surface area contributed by atoms with E-state index in [1.807, 2.05) is 31.2 Å². The van der Waals surface area contributed by atoms with Crippen LogP contribution in [0.25, 0.3) is 11.1 Å². The fourth-order valence-electron chi connectivity index (χ4n) is 3.27. The van der Waals surface area contributed by atoms with Gasteiger partial charge in [0.25, 0.3) is 0 Å². The average Bonchev–Trinajstić information content (AvgIpc) is 2.59. The van der Waals surface area contributed by atoms with Crippen molar-refractivity contribution in [3.63, 3.8) is 0 Å². The van der Waals surface area contributed by atoms with Crippen LogP contribution in [0.1, 0.15) is 38.9 Å². The second kappa shape index (κ2) is 7.64. The van der Waals surface area contributed by atoms with E-state index in [2.05, 4.69) is 24.1 Å². The third-order valence-corrected chi connectivity index (χ3v) is 4.37. The fraction of sp³-hybridized carbons (Fsp3) is 0.400. The zero-order chi connectivity index (χ0) is 18.7. The van der Waals surface area contributed by atoms with Crippen LogP contribution < -0.4 is 14.8 Å². The monoisotopic (exact) mass is 356 g/mol. The van der Waals surface area contributed by atoms with Crippen LogP contribution in [0.15, 0.2) is 36.7 Å². The number of amides is 1. The molecule has 26 heavy (non-hydrogen) atoms. The summed E-state index contributed by atoms with van der Waals surface area (Å²) in [6.45, 7) is 6.40. The van der Waals surface area contributed by atoms with Crippen LogP contribution in [0.3, 0.4) is 0 Å². The van der Waals surface area contributed by atoms with Crippen molar-refractivity contribution in [1.82, 2.24) is 10.3 Å². The van der Waals surface area contributed by atoms with E-state index in [0.717, 1.165) is 28.9 Å². The predicted octanol–water partition coefficient (Wildman–Crippen LogP) is 4.26. The summed E-state index contributed by atoms with van der Waals surface area (Å²) in [7, 11) is 0. The molecule has 1 amide bonds. The highest BCUT2D eigenvalue weighted by Gasteiger charge is 2.23. The zero-order valence-corrected chi connectivity index (χ0v) is 15.2. The van der Waals surface area contributed by atoms with Crippen molar-refractivity contribution in [1.29, 1.82) is 0 Å². The number of carbonyl (C=O) groups is 1. The highest BCUT2D eigenvalue weighted by atomic mass is 16.5. The molecule has 0 saturated heterocycles. The second-order valence-electron chi connectivity index (χ2n) is 6.97. The van der Waals surface area contributed by atoms with Crippen LogP contribution in [-0.4, -0.2) is 28.8 Å². The normalized spacial score (nSPS) is 16.2. The Morgan fingerprint density at radius 3 is 2.88 bits per heavy atom. The van der Waals surface area contributed by atoms with Gasteiger partial charge in [0.2, 0.25) is 0 Å². The van der Waals surface area contributed by atoms with E-state index >= 15 is 0 Å². The van der Waals surface area contributed by atoms with Gasteiger partial charge in [0.15, 0.2) is 0 Å². The SMILES string of the molecule is CC(C)C[C@@H](COc1ccc2c(c1)C(C)Oc1cnccc1-2)NC(=O)O. The highest BCUT2D eigenvalue weighted by molar-refractivity contribution is 5.75. The Hall–Kier alpha value is -2.76. The van der Waals surface area contributed by atoms with Crippen molar-refractivity contribution in [2.24, 2.45) is 5.92 Å². The van der Waals surface area contributed by atoms with Gasteiger partial charge >= 0.3 is 6.09 Å². The highest BCUT2D eigenvalue weighted by Crippen LogP contribution is 2.42. The summed E-state index contributed by atoms with van der Waals surface area (Å²) in [5.74, 6) is 1.86. The van der Waals surface area contributed by atoms with Gasteiger partial charge in [-0.1, -0.05) is 19.9 Å². The minimum atomic E-state index is -1.03. The van der Waals surface area contributed by atoms with Crippen molar-refractivity contribution < 1.29 is 19.4 Å². The lowest BCUT2D eigenvalue weighted by Gasteiger charge is -2.27. The molecular weight excluding hydrogens is 332 g/mol. The van der Waals surface area contributed by atoms with Gasteiger partial charge in [0, 0.05) is 17.3 Å². The molecule has 1 aliphatic rings. The molecule has 0 saturated carbocycles. The van der Waals surface area contributed by atoms with E-state index in [0.29, 0.717) is 18.3 Å². The standard InChI is InChI=1S/C20H24N2O4/c1-12(2)8-14(22-20(23)24)11-25-15-4-5-16-17-6-7-21-10-19(17)26-13(3)18(16)9-15/h4-7,9-10,12-14,22H,8,11H2,1-3H3,(H,23,24)/t13?,14-/m0/s1. The van der Waals surface area contributed by atoms with Crippen molar-refractivity contribution >= 4 is 6.09 Å². The first-order valence-electron chi connectivity index (χ1n) is 8.81. The van der Waals surface area contributed by atoms with Gasteiger partial charge in [-0.3, -0.25) is 4.98 Å². The van der Waals surface area contributed by atoms with E-state index in [1.54, 1.807) is 12.4 Å². The molecule has 0 bridgehead atoms. The van der Waals surface area contributed by atoms with Crippen LogP contribution in [-0.2, 0) is 0 Å². The number of benzene rings is 1. The Morgan fingerprint density at radius 2 is 2.15 bits per heavy atom. The molecule has 0 aliphatic carbocycles. The number of aromatic nitrogens is 1. The second-order valence-corrected chi connectivity index (χ2v) is 6.97. The Morgan fingerprint density at radius 1 is 1.35 bits per heavy atom. The number of nitrogens with zero attached hydrogens (tertiary/aromatic N) is 1. The molecule has 138 valence electrons. The Kier molecular flexibility index (Phi) is 5.30. The first-order valence-corrected chi connectivity index (χ1v) is 8.81. The molecule has 2 N–H and O–H groups in total. The summed E-state index contributed by atoms with van der Waals surface area (Å²) in [5, 5.41) is 11.5. The van der Waals surface area contributed by atoms with Crippen LogP contribution >= 0.6 is 0 Å². The minimum Gasteiger partial charge on any atom is -0.491 e. The molecule has 0 radical (unpaired) electrons. The number of fused-ring (bicyclic) bond motifs is 3. The number of ether oxygens (including phenoxy) is 2. The zero-order valence-electron chi connectivity index (χ0n) is 15.2. The van der Waals surface area contributed by atoms with Crippen molar-refractivity contribution in [3.05, 3.63) is 42.2 Å². The molecule has 3 rings (SSSR count). The van der Waals surface area contributed by atoms with Crippen molar-refractivity contribution in [2.45, 2.75) is 39.3 Å². The third-order valence-electron chi connectivity index (χ3n) is 4.37. The summed E-state index contributed by atoms with van der Waals surface area (Å²) in [6, 6.07) is 7.59. The van der Waals surface area contributed by atoms with Gasteiger partial charge in [-0.05, 0) is 43.0 Å². The maximum absolute atomic E-state index is 11.0. The van der Waals surface area contributed by atoms with Crippen LogP contribution in [0.5, 0.6) is 11.5 Å². The molecule has 2 aromatic rings. The maximum atomic E-state index is 11.0. The van der Waals surface area contributed by atoms with Gasteiger partial charge in [0.1, 0.15) is 24.2 Å². The smallest absolute Gasteiger partial charge is 0.404 e. The first kappa shape index (κ1) is 18.0. The molecule has 1 aromatic carbocycles. The average molecular weight is 356 g/mol. The lowest BCUT2D eigenvalue weighted by Crippen LogP contribution is -2.39. The summed E-state index contributed by atoms with van der Waals surface area (Å²) < 4.78 is 11.8. The van der Waals surface area contributed by atoms with E-state index in [1.165, 1.54) is 0 Å². The van der Waals surface area contributed by atoms with E-state index < -0.39 is 6.09 Å². The van der Waals surface area contributed by atoms with Crippen molar-refractivity contribution in [2.75, 3.05) is 6.61 Å². The number of hydrogen-bond donors (Lipinski definition) is 2. The van der Waals surface area contributed by atoms with Gasteiger partial charge < -0.3 is 19.9 Å². The molecule has 6 nitrogen and oxygen atoms in total. The van der Waals surface area contributed by atoms with Gasteiger partial charge in [-0.2, -0.15) is 0 Å². The quantitative estimate of drug-likeness (QED) is 0.808. The molecule has 6 heteroatoms. The summed E-state index contributed by atoms with van der Waals surface area (Å²) >= 11 is 0. The molecule has 2 atom stereocenters. The maximum Gasteiger partial charge on any atom is 0.404 e. The number of pyridine rings is 1. The largest absolute Gasteiger partial charge is 0.491 e. The molecule has 1 aliphatic heterocycles. The predicted molar refractivity (Wildman–Crippen MR) is 98.6 cm³/mol. The van der Waals surface area contributed by atoms with Gasteiger partial charge in [-0.25, -0.2) is 4.79 Å². The molecule has 0 fully saturated rings. The van der Waals surface area contributed by atoms with E-state index in [-0.39, 0.29) is 12.1 Å². The van der Waals surface area contributed by atoms with Crippen molar-refractivity contribution in [3.8, 4) is 22.6 Å². The molecule has 0 spiro atoms. The molecule has 1 unspecified atom stereocenters. The van der Waals surface area contributed by atoms with Gasteiger partial charge in [-0.15, -0.1) is 0 Å². The molecule has 2 heterocycles. The topological polar surface area (TPSA) is 80.7 Å². The number of hydrogen-bond acceptors (Lipinski definition) is 4. The summed E-state index contributed by atoms with van der Waals surface area (Å²) in [6.07, 6.45) is 3.07. The van der Waals surface area contributed by atoms with Gasteiger partial charge in [0.05, 0.1) is 12.2 Å². The van der Waals surface area contributed by atoms with Crippen LogP contribution in [0.4, 0.5) is 4.79 Å². The van der Waals surface area contributed by atoms with E-state index in [9.17, 15) is 4.79 Å². The lowest BCUT2D eigenvalue weighted by molar-refractivity contribution is 0.176. The number of nitrogens with one attached hydrogen (secondary N) is 1. The fourth-order valence-corrected chi connectivity index (χ4v) is 3.27. The minimum absolute atomic E-state index is 0.103. The Labute approximate surface area is 153 Å². The van der Waals surface area contributed by atoms with Crippen LogP contribution in [0.2, 0.25) is 0 Å². The molecule has 1 aromatic heterocycles. The molecular formula is C20H24N2O4. The van der Waals surface area contributed by atoms with Crippen LogP contribution in [0, 0.1) is 5.92 Å². The number of carboxylic acid groups (broad SMARTS) is 1.